The molecule has 0 bridgehead atoms. The molecule has 1 N–H and O–H groups in total. The number of anilines is 1. The van der Waals surface area contributed by atoms with Gasteiger partial charge in [-0.25, -0.2) is 0 Å². The van der Waals surface area contributed by atoms with Crippen LogP contribution in [0.25, 0.3) is 0 Å². The van der Waals surface area contributed by atoms with E-state index >= 15 is 0 Å². The molecule has 1 amide bonds. The van der Waals surface area contributed by atoms with E-state index in [2.05, 4.69) is 12.2 Å². The Kier molecular flexibility index (Phi) is 6.03. The molecule has 4 nitrogen and oxygen atoms in total. The smallest absolute Gasteiger partial charge is 0.265 e. The molecule has 0 fully saturated rings. The molecule has 0 aliphatic rings. The third-order valence-electron chi connectivity index (χ3n) is 3.63. The summed E-state index contributed by atoms with van der Waals surface area (Å²) in [5.74, 6) is 1.02. The summed E-state index contributed by atoms with van der Waals surface area (Å²) in [6, 6.07) is 15.2. The molecule has 0 radical (unpaired) electrons. The lowest BCUT2D eigenvalue weighted by Crippen LogP contribution is -2.32. The lowest BCUT2D eigenvalue weighted by molar-refractivity contribution is -0.122. The molecule has 2 aromatic rings. The summed E-state index contributed by atoms with van der Waals surface area (Å²) in [5.41, 5.74) is 2.01. The first kappa shape index (κ1) is 16.9. The van der Waals surface area contributed by atoms with Crippen LogP contribution in [0, 0.1) is 0 Å². The third-order valence-corrected chi connectivity index (χ3v) is 3.63. The molecule has 0 saturated heterocycles. The van der Waals surface area contributed by atoms with Crippen molar-refractivity contribution >= 4 is 11.6 Å². The summed E-state index contributed by atoms with van der Waals surface area (Å²) in [6.07, 6.45) is 0.969. The molecular formula is C19H23NO3. The highest BCUT2D eigenvalue weighted by molar-refractivity contribution is 5.94. The molecular weight excluding hydrogens is 290 g/mol. The highest BCUT2D eigenvalue weighted by Gasteiger charge is 2.20. The van der Waals surface area contributed by atoms with Crippen molar-refractivity contribution in [1.82, 2.24) is 0 Å². The van der Waals surface area contributed by atoms with Gasteiger partial charge in [0.2, 0.25) is 0 Å². The summed E-state index contributed by atoms with van der Waals surface area (Å²) in [5, 5.41) is 2.90. The molecule has 0 aliphatic heterocycles. The molecule has 0 spiro atoms. The maximum absolute atomic E-state index is 12.4. The zero-order chi connectivity index (χ0) is 16.7. The summed E-state index contributed by atoms with van der Waals surface area (Å²) in [7, 11) is 1.58. The quantitative estimate of drug-likeness (QED) is 0.838. The third kappa shape index (κ3) is 4.49. The van der Waals surface area contributed by atoms with Gasteiger partial charge in [-0.05, 0) is 42.7 Å². The lowest BCUT2D eigenvalue weighted by atomic mass is 10.1. The van der Waals surface area contributed by atoms with Gasteiger partial charge < -0.3 is 14.8 Å². The van der Waals surface area contributed by atoms with Gasteiger partial charge in [0, 0.05) is 5.69 Å². The molecule has 1 atom stereocenters. The Labute approximate surface area is 137 Å². The summed E-state index contributed by atoms with van der Waals surface area (Å²) in [4.78, 5) is 12.4. The number of carbonyl (C=O) groups excluding carboxylic acids is 1. The number of para-hydroxylation sites is 2. The van der Waals surface area contributed by atoms with E-state index in [0.29, 0.717) is 17.9 Å². The highest BCUT2D eigenvalue weighted by atomic mass is 16.5. The minimum Gasteiger partial charge on any atom is -0.493 e. The van der Waals surface area contributed by atoms with Crippen LogP contribution >= 0.6 is 0 Å². The van der Waals surface area contributed by atoms with Gasteiger partial charge in [0.1, 0.15) is 0 Å². The molecule has 0 aromatic heterocycles. The topological polar surface area (TPSA) is 47.6 Å². The molecule has 4 heteroatoms. The summed E-state index contributed by atoms with van der Waals surface area (Å²) < 4.78 is 11.1. The fourth-order valence-corrected chi connectivity index (χ4v) is 2.24. The number of rotatable bonds is 7. The number of nitrogens with one attached hydrogen (secondary N) is 1. The van der Waals surface area contributed by atoms with Crippen LogP contribution in [-0.4, -0.2) is 19.1 Å². The SMILES string of the molecule is CCc1ccc(NC(=O)C(CC)Oc2ccccc2OC)cc1. The fourth-order valence-electron chi connectivity index (χ4n) is 2.24. The second-order valence-corrected chi connectivity index (χ2v) is 5.21. The van der Waals surface area contributed by atoms with Crippen LogP contribution in [0.2, 0.25) is 0 Å². The van der Waals surface area contributed by atoms with Crippen molar-refractivity contribution in [2.75, 3.05) is 12.4 Å². The maximum Gasteiger partial charge on any atom is 0.265 e. The Bertz CT molecular complexity index is 637. The van der Waals surface area contributed by atoms with Crippen molar-refractivity contribution < 1.29 is 14.3 Å². The van der Waals surface area contributed by atoms with E-state index in [4.69, 9.17) is 9.47 Å². The molecule has 1 unspecified atom stereocenters. The van der Waals surface area contributed by atoms with Crippen molar-refractivity contribution in [2.45, 2.75) is 32.8 Å². The fraction of sp³-hybridized carbons (Fsp3) is 0.316. The Morgan fingerprint density at radius 3 is 2.26 bits per heavy atom. The van der Waals surface area contributed by atoms with E-state index in [-0.39, 0.29) is 5.91 Å². The molecule has 122 valence electrons. The minimum atomic E-state index is -0.572. The zero-order valence-corrected chi connectivity index (χ0v) is 13.8. The average molecular weight is 313 g/mol. The molecule has 0 aliphatic carbocycles. The van der Waals surface area contributed by atoms with Crippen molar-refractivity contribution in [3.63, 3.8) is 0 Å². The molecule has 0 saturated carbocycles. The van der Waals surface area contributed by atoms with Gasteiger partial charge in [-0.1, -0.05) is 38.1 Å². The number of methoxy groups -OCH3 is 1. The molecule has 2 aromatic carbocycles. The Morgan fingerprint density at radius 2 is 1.70 bits per heavy atom. The van der Waals surface area contributed by atoms with Crippen molar-refractivity contribution in [1.29, 1.82) is 0 Å². The van der Waals surface area contributed by atoms with E-state index in [1.165, 1.54) is 5.56 Å². The van der Waals surface area contributed by atoms with Gasteiger partial charge in [-0.2, -0.15) is 0 Å². The van der Waals surface area contributed by atoms with Gasteiger partial charge in [-0.15, -0.1) is 0 Å². The van der Waals surface area contributed by atoms with Crippen molar-refractivity contribution in [2.24, 2.45) is 0 Å². The number of hydrogen-bond acceptors (Lipinski definition) is 3. The van der Waals surface area contributed by atoms with E-state index in [0.717, 1.165) is 12.1 Å². The van der Waals surface area contributed by atoms with Gasteiger partial charge in [-0.3, -0.25) is 4.79 Å². The maximum atomic E-state index is 12.4. The molecule has 23 heavy (non-hydrogen) atoms. The Hall–Kier alpha value is -2.49. The Morgan fingerprint density at radius 1 is 1.04 bits per heavy atom. The largest absolute Gasteiger partial charge is 0.493 e. The number of aryl methyl sites for hydroxylation is 1. The minimum absolute atomic E-state index is 0.164. The standard InChI is InChI=1S/C19H23NO3/c1-4-14-10-12-15(13-11-14)20-19(21)16(5-2)23-18-9-7-6-8-17(18)22-3/h6-13,16H,4-5H2,1-3H3,(H,20,21). The van der Waals surface area contributed by atoms with Gasteiger partial charge in [0.15, 0.2) is 17.6 Å². The van der Waals surface area contributed by atoms with Crippen molar-refractivity contribution in [3.05, 3.63) is 54.1 Å². The second-order valence-electron chi connectivity index (χ2n) is 5.21. The van der Waals surface area contributed by atoms with Gasteiger partial charge >= 0.3 is 0 Å². The lowest BCUT2D eigenvalue weighted by Gasteiger charge is -2.19. The van der Waals surface area contributed by atoms with Crippen LogP contribution in [0.3, 0.4) is 0 Å². The first-order valence-electron chi connectivity index (χ1n) is 7.87. The zero-order valence-electron chi connectivity index (χ0n) is 13.8. The number of ether oxygens (including phenoxy) is 2. The van der Waals surface area contributed by atoms with Gasteiger partial charge in [0.05, 0.1) is 7.11 Å². The van der Waals surface area contributed by atoms with Crippen molar-refractivity contribution in [3.8, 4) is 11.5 Å². The highest BCUT2D eigenvalue weighted by Crippen LogP contribution is 2.27. The number of amides is 1. The van der Waals surface area contributed by atoms with Gasteiger partial charge in [0.25, 0.3) is 5.91 Å². The molecule has 0 heterocycles. The van der Waals surface area contributed by atoms with Crippen LogP contribution in [-0.2, 0) is 11.2 Å². The summed E-state index contributed by atoms with van der Waals surface area (Å²) >= 11 is 0. The van der Waals surface area contributed by atoms with E-state index in [1.54, 1.807) is 13.2 Å². The summed E-state index contributed by atoms with van der Waals surface area (Å²) in [6.45, 7) is 4.02. The number of carbonyl (C=O) groups is 1. The number of hydrogen-bond donors (Lipinski definition) is 1. The monoisotopic (exact) mass is 313 g/mol. The van der Waals surface area contributed by atoms with Crippen LogP contribution in [0.4, 0.5) is 5.69 Å². The predicted octanol–water partition coefficient (Wildman–Crippen LogP) is 4.05. The number of benzene rings is 2. The van der Waals surface area contributed by atoms with Crippen LogP contribution in [0.5, 0.6) is 11.5 Å². The molecule has 2 rings (SSSR count). The van der Waals surface area contributed by atoms with E-state index in [9.17, 15) is 4.79 Å². The normalized spacial score (nSPS) is 11.6. The first-order valence-corrected chi connectivity index (χ1v) is 7.87. The van der Waals surface area contributed by atoms with E-state index < -0.39 is 6.10 Å². The average Bonchev–Trinajstić information content (AvgIpc) is 2.60. The van der Waals surface area contributed by atoms with E-state index in [1.807, 2.05) is 49.4 Å². The second kappa shape index (κ2) is 8.22. The van der Waals surface area contributed by atoms with Crippen LogP contribution < -0.4 is 14.8 Å². The Balaban J connectivity index is 2.05. The van der Waals surface area contributed by atoms with Crippen LogP contribution in [0.15, 0.2) is 48.5 Å². The predicted molar refractivity (Wildman–Crippen MR) is 92.2 cm³/mol. The first-order chi connectivity index (χ1) is 11.2. The van der Waals surface area contributed by atoms with Crippen LogP contribution in [0.1, 0.15) is 25.8 Å².